The molecule has 0 spiro atoms. The minimum Gasteiger partial charge on any atom is -0.358 e. The summed E-state index contributed by atoms with van der Waals surface area (Å²) in [6.07, 6.45) is 0. The molecule has 1 aromatic heterocycles. The van der Waals surface area contributed by atoms with Crippen LogP contribution in [0, 0.1) is 60.7 Å². The maximum Gasteiger partial charge on any atom is 0.898 e. The van der Waals surface area contributed by atoms with Crippen LogP contribution in [0.25, 0.3) is 0 Å². The molecule has 20 nitrogen and oxygen atoms in total. The molecule has 0 atom stereocenters. The minimum absolute atomic E-state index is 1.21. The number of aromatic nitrogens is 2. The minimum atomic E-state index is -4.83. The van der Waals surface area contributed by atoms with Crippen LogP contribution in [0.3, 0.4) is 0 Å². The molecule has 1 rings (SSSR count). The number of nitrogens with zero attached hydrogens (tertiary/aromatic N) is 8. The first kappa shape index (κ1) is 17.7. The van der Waals surface area contributed by atoms with Crippen LogP contribution in [0.4, 0.5) is 17.3 Å². The Morgan fingerprint density at radius 1 is 0.708 bits per heavy atom. The first-order valence-corrected chi connectivity index (χ1v) is 4.90. The maximum atomic E-state index is 10.8. The second-order valence-electron chi connectivity index (χ2n) is 3.55. The van der Waals surface area contributed by atoms with Crippen LogP contribution in [-0.2, 0) is 5.91 Å². The predicted molar refractivity (Wildman–Crippen MR) is 61.1 cm³/mol. The average molecular weight is 352 g/mol. The van der Waals surface area contributed by atoms with Crippen LogP contribution in [0.5, 0.6) is 0 Å². The molecule has 0 radical (unpaired) electrons. The summed E-state index contributed by atoms with van der Waals surface area (Å²) in [4.78, 5) is 52.6. The molecule has 0 fully saturated rings. The number of nitro groups is 6. The first-order valence-electron chi connectivity index (χ1n) is 4.90. The third-order valence-electron chi connectivity index (χ3n) is 2.37. The quantitative estimate of drug-likeness (QED) is 0.323. The zero-order chi connectivity index (χ0) is 19.0. The predicted octanol–water partition coefficient (Wildman–Crippen LogP) is -0.994. The van der Waals surface area contributed by atoms with Crippen LogP contribution in [0.1, 0.15) is 0 Å². The summed E-state index contributed by atoms with van der Waals surface area (Å²) in [6, 6.07) is 0. The van der Waals surface area contributed by atoms with E-state index in [4.69, 9.17) is 0 Å². The van der Waals surface area contributed by atoms with Gasteiger partial charge in [-0.2, -0.15) is 0 Å². The lowest BCUT2D eigenvalue weighted by Crippen LogP contribution is -2.55. The zero-order valence-electron chi connectivity index (χ0n) is 10.5. The largest absolute Gasteiger partial charge is 0.898 e. The van der Waals surface area contributed by atoms with E-state index in [2.05, 4.69) is 5.10 Å². The molecular formula is C4N8O12. The van der Waals surface area contributed by atoms with Crippen molar-refractivity contribution in [2.24, 2.45) is 0 Å². The molecule has 0 saturated heterocycles. The van der Waals surface area contributed by atoms with Gasteiger partial charge < -0.3 is 20.2 Å². The van der Waals surface area contributed by atoms with Gasteiger partial charge in [0.05, 0.1) is 4.92 Å². The van der Waals surface area contributed by atoms with Crippen molar-refractivity contribution in [1.82, 2.24) is 9.78 Å². The van der Waals surface area contributed by atoms with E-state index >= 15 is 0 Å². The van der Waals surface area contributed by atoms with Crippen molar-refractivity contribution in [1.29, 1.82) is 0 Å². The Morgan fingerprint density at radius 2 is 1.12 bits per heavy atom. The van der Waals surface area contributed by atoms with Crippen LogP contribution in [-0.4, -0.2) is 39.3 Å². The molecule has 0 bridgehead atoms. The number of rotatable bonds is 7. The lowest BCUT2D eigenvalue weighted by molar-refractivity contribution is -1.01. The standard InChI is InChI=1S/C4N8O12/c13-7(14)1-2(8(15)16)5-6(3(1)9(17)18)4(10(19)20,11(21)22)12(23)24. The number of hydrogen-bond donors (Lipinski definition) is 0. The molecule has 20 heteroatoms. The molecule has 24 heavy (non-hydrogen) atoms. The highest BCUT2D eigenvalue weighted by Gasteiger charge is 2.85. The van der Waals surface area contributed by atoms with E-state index in [1.807, 2.05) is 0 Å². The Hall–Kier alpha value is -4.39. The smallest absolute Gasteiger partial charge is 0.358 e. The summed E-state index contributed by atoms with van der Waals surface area (Å²) in [6.45, 7) is 0. The fourth-order valence-corrected chi connectivity index (χ4v) is 1.48. The Morgan fingerprint density at radius 3 is 1.38 bits per heavy atom. The van der Waals surface area contributed by atoms with E-state index in [1.54, 1.807) is 0 Å². The molecule has 0 unspecified atom stereocenters. The van der Waals surface area contributed by atoms with Crippen molar-refractivity contribution in [3.05, 3.63) is 60.7 Å². The summed E-state index contributed by atoms with van der Waals surface area (Å²) in [7, 11) is 0. The molecule has 1 heterocycles. The van der Waals surface area contributed by atoms with E-state index in [0.29, 0.717) is 0 Å². The van der Waals surface area contributed by atoms with Gasteiger partial charge >= 0.3 is 23.2 Å². The van der Waals surface area contributed by atoms with E-state index in [9.17, 15) is 60.7 Å². The third-order valence-corrected chi connectivity index (χ3v) is 2.37. The summed E-state index contributed by atoms with van der Waals surface area (Å²) < 4.78 is -1.21. The summed E-state index contributed by atoms with van der Waals surface area (Å²) in [5, 5.41) is 67.1. The molecule has 0 N–H and O–H groups in total. The van der Waals surface area contributed by atoms with Gasteiger partial charge in [0.25, 0.3) is 0 Å². The molecule has 0 aromatic carbocycles. The highest BCUT2D eigenvalue weighted by Crippen LogP contribution is 2.39. The molecule has 128 valence electrons. The Kier molecular flexibility index (Phi) is 3.99. The first-order chi connectivity index (χ1) is 10.9. The van der Waals surface area contributed by atoms with E-state index in [1.165, 1.54) is 0 Å². The van der Waals surface area contributed by atoms with Gasteiger partial charge in [-0.25, -0.2) is 30.3 Å². The Bertz CT molecular complexity index is 770. The molecular weight excluding hydrogens is 352 g/mol. The highest BCUT2D eigenvalue weighted by atomic mass is 16.7. The summed E-state index contributed by atoms with van der Waals surface area (Å²) in [5.74, 6) is -9.14. The van der Waals surface area contributed by atoms with Gasteiger partial charge in [-0.15, -0.1) is 0 Å². The van der Waals surface area contributed by atoms with Crippen molar-refractivity contribution < 1.29 is 29.5 Å². The lowest BCUT2D eigenvalue weighted by atomic mass is 10.4. The van der Waals surface area contributed by atoms with Gasteiger partial charge in [-0.1, -0.05) is 0 Å². The number of hydrogen-bond acceptors (Lipinski definition) is 13. The average Bonchev–Trinajstić information content (AvgIpc) is 2.78. The van der Waals surface area contributed by atoms with Gasteiger partial charge in [-0.3, -0.25) is 10.1 Å². The fraction of sp³-hybridized carbons (Fsp3) is 0.250. The maximum absolute atomic E-state index is 10.8. The highest BCUT2D eigenvalue weighted by molar-refractivity contribution is 5.59. The summed E-state index contributed by atoms with van der Waals surface area (Å²) in [5.41, 5.74) is -2.10. The monoisotopic (exact) mass is 352 g/mol. The SMILES string of the molecule is O=[N+]([O-])c1nn(C([N+](=O)[O-])([N+](=O)[O-])[N+](=O)[O-])c([N+](=O)[O-])c1[N+](=O)[O-]. The zero-order valence-corrected chi connectivity index (χ0v) is 10.5. The molecule has 0 aliphatic carbocycles. The molecule has 0 saturated carbocycles. The van der Waals surface area contributed by atoms with E-state index in [-0.39, 0.29) is 0 Å². The second kappa shape index (κ2) is 5.43. The van der Waals surface area contributed by atoms with Crippen LogP contribution in [0.2, 0.25) is 0 Å². The molecule has 0 aliphatic heterocycles. The van der Waals surface area contributed by atoms with Crippen LogP contribution < -0.4 is 0 Å². The molecule has 1 aromatic rings. The summed E-state index contributed by atoms with van der Waals surface area (Å²) >= 11 is 0. The van der Waals surface area contributed by atoms with E-state index < -0.39 is 57.5 Å². The van der Waals surface area contributed by atoms with Gasteiger partial charge in [0.15, 0.2) is 9.78 Å². The van der Waals surface area contributed by atoms with Crippen molar-refractivity contribution in [3.8, 4) is 0 Å². The third kappa shape index (κ3) is 2.14. The molecule has 0 aliphatic rings. The van der Waals surface area contributed by atoms with Crippen LogP contribution in [0.15, 0.2) is 0 Å². The van der Waals surface area contributed by atoms with Gasteiger partial charge in [0.1, 0.15) is 0 Å². The van der Waals surface area contributed by atoms with Gasteiger partial charge in [-0.05, 0) is 9.85 Å². The normalized spacial score (nSPS) is 10.8. The van der Waals surface area contributed by atoms with Gasteiger partial charge in [0.2, 0.25) is 14.8 Å². The molecule has 0 amide bonds. The Balaban J connectivity index is 4.17. The van der Waals surface area contributed by atoms with Crippen molar-refractivity contribution in [2.75, 3.05) is 0 Å². The fourth-order valence-electron chi connectivity index (χ4n) is 1.48. The van der Waals surface area contributed by atoms with E-state index in [0.717, 1.165) is 0 Å². The lowest BCUT2D eigenvalue weighted by Gasteiger charge is -2.01. The van der Waals surface area contributed by atoms with Gasteiger partial charge in [0, 0.05) is 0 Å². The van der Waals surface area contributed by atoms with Crippen molar-refractivity contribution in [3.63, 3.8) is 0 Å². The van der Waals surface area contributed by atoms with Crippen molar-refractivity contribution in [2.45, 2.75) is 5.91 Å². The second-order valence-corrected chi connectivity index (χ2v) is 3.55. The van der Waals surface area contributed by atoms with Crippen LogP contribution >= 0.6 is 0 Å². The van der Waals surface area contributed by atoms with Crippen molar-refractivity contribution >= 4 is 17.3 Å². The Labute approximate surface area is 124 Å². The topological polar surface area (TPSA) is 277 Å².